The molecule has 22 heavy (non-hydrogen) atoms. The second-order valence-corrected chi connectivity index (χ2v) is 4.60. The molecule has 1 unspecified atom stereocenters. The molecular weight excluding hydrogens is 280 g/mol. The average Bonchev–Trinajstić information content (AvgIpc) is 2.50. The van der Waals surface area contributed by atoms with E-state index in [1.165, 1.54) is 12.2 Å². The van der Waals surface area contributed by atoms with Crippen LogP contribution in [0.3, 0.4) is 0 Å². The molecule has 0 amide bonds. The van der Waals surface area contributed by atoms with E-state index >= 15 is 0 Å². The molecule has 0 aromatic rings. The molecule has 0 saturated carbocycles. The lowest BCUT2D eigenvalue weighted by atomic mass is 10.2. The smallest absolute Gasteiger partial charge is 0.331 e. The minimum Gasteiger partial charge on any atom is -0.459 e. The van der Waals surface area contributed by atoms with Crippen molar-refractivity contribution in [3.05, 3.63) is 48.6 Å². The highest BCUT2D eigenvalue weighted by Gasteiger charge is 2.14. The van der Waals surface area contributed by atoms with Gasteiger partial charge in [0.15, 0.2) is 0 Å². The summed E-state index contributed by atoms with van der Waals surface area (Å²) < 4.78 is 10.4. The van der Waals surface area contributed by atoms with E-state index in [2.05, 4.69) is 6.92 Å². The zero-order chi connectivity index (χ0) is 16.6. The summed E-state index contributed by atoms with van der Waals surface area (Å²) in [5.41, 5.74) is 0. The molecule has 0 N–H and O–H groups in total. The summed E-state index contributed by atoms with van der Waals surface area (Å²) in [7, 11) is 0. The molecule has 0 rings (SSSR count). The molecule has 4 nitrogen and oxygen atoms in total. The first kappa shape index (κ1) is 19.9. The molecule has 0 fully saturated rings. The Hall–Kier alpha value is -2.10. The minimum absolute atomic E-state index is 0.0716. The molecule has 0 aromatic carbocycles. The van der Waals surface area contributed by atoms with Crippen LogP contribution in [0.4, 0.5) is 0 Å². The molecule has 0 bridgehead atoms. The second-order valence-electron chi connectivity index (χ2n) is 4.60. The highest BCUT2D eigenvalue weighted by Crippen LogP contribution is 2.07. The summed E-state index contributed by atoms with van der Waals surface area (Å²) in [6.45, 7) is 5.84. The van der Waals surface area contributed by atoms with Crippen LogP contribution in [-0.2, 0) is 19.1 Å². The number of unbranched alkanes of at least 4 members (excludes halogenated alkanes) is 1. The zero-order valence-electron chi connectivity index (χ0n) is 13.7. The molecule has 4 heteroatoms. The fraction of sp³-hybridized carbons (Fsp3) is 0.444. The van der Waals surface area contributed by atoms with Crippen molar-refractivity contribution in [1.82, 2.24) is 0 Å². The fourth-order valence-corrected chi connectivity index (χ4v) is 1.53. The molecule has 0 aromatic heterocycles. The molecule has 0 radical (unpaired) electrons. The van der Waals surface area contributed by atoms with Crippen LogP contribution in [0.1, 0.15) is 40.0 Å². The number of ether oxygens (including phenoxy) is 2. The van der Waals surface area contributed by atoms with E-state index in [9.17, 15) is 9.59 Å². The van der Waals surface area contributed by atoms with Gasteiger partial charge in [0.2, 0.25) is 0 Å². The molecule has 0 heterocycles. The summed E-state index contributed by atoms with van der Waals surface area (Å²) in [6.07, 6.45) is 15.2. The Morgan fingerprint density at radius 2 is 1.55 bits per heavy atom. The Morgan fingerprint density at radius 3 is 2.09 bits per heavy atom. The maximum atomic E-state index is 11.6. The highest BCUT2D eigenvalue weighted by atomic mass is 16.6. The largest absolute Gasteiger partial charge is 0.459 e. The van der Waals surface area contributed by atoms with Crippen LogP contribution < -0.4 is 0 Å². The molecule has 0 saturated heterocycles. The van der Waals surface area contributed by atoms with E-state index < -0.39 is 18.0 Å². The third-order valence-corrected chi connectivity index (χ3v) is 2.65. The van der Waals surface area contributed by atoms with E-state index in [0.29, 0.717) is 6.42 Å². The van der Waals surface area contributed by atoms with E-state index in [1.807, 2.05) is 26.0 Å². The van der Waals surface area contributed by atoms with Gasteiger partial charge in [0.25, 0.3) is 0 Å². The number of carbonyl (C=O) groups excluding carboxylic acids is 2. The van der Waals surface area contributed by atoms with E-state index in [1.54, 1.807) is 24.3 Å². The maximum absolute atomic E-state index is 11.6. The van der Waals surface area contributed by atoms with E-state index in [4.69, 9.17) is 9.47 Å². The van der Waals surface area contributed by atoms with Crippen molar-refractivity contribution in [3.8, 4) is 0 Å². The predicted octanol–water partition coefficient (Wildman–Crippen LogP) is 3.90. The molecule has 0 spiro atoms. The van der Waals surface area contributed by atoms with Gasteiger partial charge >= 0.3 is 11.9 Å². The van der Waals surface area contributed by atoms with Crippen LogP contribution in [0.2, 0.25) is 0 Å². The SMILES string of the molecule is C/C=C/C=C/C(=O)OCC(CCCC)OC(=O)/C=C/C=C/C. The van der Waals surface area contributed by atoms with Crippen LogP contribution in [0.5, 0.6) is 0 Å². The van der Waals surface area contributed by atoms with Crippen molar-refractivity contribution in [2.75, 3.05) is 6.61 Å². The number of carbonyl (C=O) groups is 2. The Kier molecular flexibility index (Phi) is 12.5. The number of allylic oxidation sites excluding steroid dienone is 6. The van der Waals surface area contributed by atoms with E-state index in [0.717, 1.165) is 12.8 Å². The Bertz CT molecular complexity index is 430. The monoisotopic (exact) mass is 306 g/mol. The standard InChI is InChI=1S/C18H26O4/c1-4-7-10-13-17(19)21-15-16(12-9-6-3)22-18(20)14-11-8-5-2/h4-5,7-8,10-11,13-14,16H,6,9,12,15H2,1-3H3/b7-4+,8-5+,13-10+,14-11+. The minimum atomic E-state index is -0.444. The third kappa shape index (κ3) is 11.7. The first-order valence-corrected chi connectivity index (χ1v) is 7.60. The first-order chi connectivity index (χ1) is 10.6. The molecule has 1 atom stereocenters. The number of hydrogen-bond acceptors (Lipinski definition) is 4. The predicted molar refractivity (Wildman–Crippen MR) is 88.3 cm³/mol. The summed E-state index contributed by atoms with van der Waals surface area (Å²) in [5.74, 6) is -0.875. The number of esters is 2. The molecule has 0 aliphatic heterocycles. The molecule has 0 aliphatic carbocycles. The summed E-state index contributed by atoms with van der Waals surface area (Å²) in [4.78, 5) is 23.1. The molecule has 122 valence electrons. The zero-order valence-corrected chi connectivity index (χ0v) is 13.7. The van der Waals surface area contributed by atoms with Gasteiger partial charge in [0.05, 0.1) is 0 Å². The first-order valence-electron chi connectivity index (χ1n) is 7.60. The van der Waals surface area contributed by atoms with Gasteiger partial charge < -0.3 is 9.47 Å². The second kappa shape index (κ2) is 13.9. The van der Waals surface area contributed by atoms with Crippen molar-refractivity contribution in [2.45, 2.75) is 46.1 Å². The quantitative estimate of drug-likeness (QED) is 0.349. The van der Waals surface area contributed by atoms with Crippen molar-refractivity contribution in [2.24, 2.45) is 0 Å². The van der Waals surface area contributed by atoms with Crippen molar-refractivity contribution in [3.63, 3.8) is 0 Å². The lowest BCUT2D eigenvalue weighted by Gasteiger charge is -2.16. The topological polar surface area (TPSA) is 52.6 Å². The Balaban J connectivity index is 4.38. The van der Waals surface area contributed by atoms with Crippen LogP contribution in [-0.4, -0.2) is 24.6 Å². The van der Waals surface area contributed by atoms with Crippen molar-refractivity contribution >= 4 is 11.9 Å². The summed E-state index contributed by atoms with van der Waals surface area (Å²) in [5, 5.41) is 0. The maximum Gasteiger partial charge on any atom is 0.331 e. The van der Waals surface area contributed by atoms with Crippen molar-refractivity contribution < 1.29 is 19.1 Å². The normalized spacial score (nSPS) is 13.4. The van der Waals surface area contributed by atoms with Crippen LogP contribution in [0.25, 0.3) is 0 Å². The van der Waals surface area contributed by atoms with Gasteiger partial charge in [-0.2, -0.15) is 0 Å². The van der Waals surface area contributed by atoms with Gasteiger partial charge in [-0.25, -0.2) is 9.59 Å². The van der Waals surface area contributed by atoms with Gasteiger partial charge in [-0.3, -0.25) is 0 Å². The van der Waals surface area contributed by atoms with Crippen LogP contribution in [0, 0.1) is 0 Å². The molecular formula is C18H26O4. The number of rotatable bonds is 10. The Morgan fingerprint density at radius 1 is 0.955 bits per heavy atom. The molecule has 0 aliphatic rings. The van der Waals surface area contributed by atoms with Crippen molar-refractivity contribution in [1.29, 1.82) is 0 Å². The lowest BCUT2D eigenvalue weighted by Crippen LogP contribution is -2.24. The Labute approximate surface area is 133 Å². The van der Waals surface area contributed by atoms with Gasteiger partial charge in [0.1, 0.15) is 12.7 Å². The van der Waals surface area contributed by atoms with Crippen LogP contribution >= 0.6 is 0 Å². The van der Waals surface area contributed by atoms with Gasteiger partial charge in [-0.15, -0.1) is 0 Å². The lowest BCUT2D eigenvalue weighted by molar-refractivity contribution is -0.153. The van der Waals surface area contributed by atoms with Crippen LogP contribution in [0.15, 0.2) is 48.6 Å². The van der Waals surface area contributed by atoms with Gasteiger partial charge in [-0.1, -0.05) is 49.8 Å². The van der Waals surface area contributed by atoms with Gasteiger partial charge in [0, 0.05) is 12.2 Å². The third-order valence-electron chi connectivity index (χ3n) is 2.65. The highest BCUT2D eigenvalue weighted by molar-refractivity contribution is 5.83. The average molecular weight is 306 g/mol. The van der Waals surface area contributed by atoms with E-state index in [-0.39, 0.29) is 6.61 Å². The summed E-state index contributed by atoms with van der Waals surface area (Å²) >= 11 is 0. The number of hydrogen-bond donors (Lipinski definition) is 0. The van der Waals surface area contributed by atoms with Gasteiger partial charge in [-0.05, 0) is 26.7 Å². The summed E-state index contributed by atoms with van der Waals surface area (Å²) in [6, 6.07) is 0. The fourth-order valence-electron chi connectivity index (χ4n) is 1.53.